The number of hydrogen-bond acceptors (Lipinski definition) is 6. The zero-order valence-electron chi connectivity index (χ0n) is 23.1. The molecule has 200 valence electrons. The van der Waals surface area contributed by atoms with Crippen molar-refractivity contribution in [2.75, 3.05) is 0 Å². The summed E-state index contributed by atoms with van der Waals surface area (Å²) in [5.41, 5.74) is -4.31. The molecule has 0 amide bonds. The van der Waals surface area contributed by atoms with Crippen LogP contribution in [-0.4, -0.2) is 50.0 Å². The van der Waals surface area contributed by atoms with Crippen molar-refractivity contribution in [2.45, 2.75) is 105 Å². The number of hydrogen-bond donors (Lipinski definition) is 3. The second kappa shape index (κ2) is 7.94. The van der Waals surface area contributed by atoms with Crippen molar-refractivity contribution < 1.29 is 29.7 Å². The first-order chi connectivity index (χ1) is 16.2. The smallest absolute Gasteiger partial charge is 0.186 e. The average Bonchev–Trinajstić information content (AvgIpc) is 3.02. The van der Waals surface area contributed by atoms with Gasteiger partial charge in [0.1, 0.15) is 17.5 Å². The van der Waals surface area contributed by atoms with Crippen LogP contribution >= 0.6 is 0 Å². The predicted octanol–water partition coefficient (Wildman–Crippen LogP) is 3.96. The van der Waals surface area contributed by atoms with Crippen LogP contribution in [0.25, 0.3) is 0 Å². The Morgan fingerprint density at radius 3 is 2.25 bits per heavy atom. The standard InChI is InChI=1S/C30H44O6/c1-25(2,35)13-12-22(32)30(8,36)21-11-14-27(5)20-10-9-17-18(15-19(31)24(34)26(17,3)4)29(20,7)23(33)16-28(21,27)6/h9,12-13,18-21,31,35-36H,10-11,14-16H2,1-8H3/b13-12+/t18-,19+,20+,21+,27+,28-,29+,30-/m1/s1. The number of rotatable bonds is 4. The second-order valence-corrected chi connectivity index (χ2v) is 14.0. The molecule has 0 aromatic rings. The van der Waals surface area contributed by atoms with Gasteiger partial charge in [0.15, 0.2) is 11.6 Å². The molecular weight excluding hydrogens is 456 g/mol. The Bertz CT molecular complexity index is 1060. The Labute approximate surface area is 215 Å². The highest BCUT2D eigenvalue weighted by Crippen LogP contribution is 2.74. The Balaban J connectivity index is 1.76. The molecule has 0 unspecified atom stereocenters. The number of carbonyl (C=O) groups excluding carboxylic acids is 3. The maximum absolute atomic E-state index is 14.2. The molecular formula is C30H44O6. The number of aliphatic hydroxyl groups excluding tert-OH is 1. The van der Waals surface area contributed by atoms with E-state index in [-0.39, 0.29) is 41.7 Å². The van der Waals surface area contributed by atoms with Gasteiger partial charge in [-0.1, -0.05) is 38.5 Å². The van der Waals surface area contributed by atoms with Crippen molar-refractivity contribution in [3.8, 4) is 0 Å². The third-order valence-corrected chi connectivity index (χ3v) is 11.2. The lowest BCUT2D eigenvalue weighted by molar-refractivity contribution is -0.182. The van der Waals surface area contributed by atoms with Crippen molar-refractivity contribution in [2.24, 2.45) is 39.4 Å². The van der Waals surface area contributed by atoms with Gasteiger partial charge in [-0.25, -0.2) is 0 Å². The van der Waals surface area contributed by atoms with Crippen LogP contribution in [0.4, 0.5) is 0 Å². The van der Waals surface area contributed by atoms with E-state index in [2.05, 4.69) is 19.9 Å². The summed E-state index contributed by atoms with van der Waals surface area (Å²) >= 11 is 0. The molecule has 4 aliphatic carbocycles. The topological polar surface area (TPSA) is 112 Å². The first kappa shape index (κ1) is 27.4. The van der Waals surface area contributed by atoms with Gasteiger partial charge >= 0.3 is 0 Å². The monoisotopic (exact) mass is 500 g/mol. The highest BCUT2D eigenvalue weighted by Gasteiger charge is 2.72. The van der Waals surface area contributed by atoms with Crippen molar-refractivity contribution in [3.63, 3.8) is 0 Å². The third kappa shape index (κ3) is 3.50. The van der Waals surface area contributed by atoms with E-state index < -0.39 is 45.3 Å². The zero-order chi connectivity index (χ0) is 27.3. The molecule has 6 nitrogen and oxygen atoms in total. The maximum Gasteiger partial charge on any atom is 0.186 e. The van der Waals surface area contributed by atoms with Crippen molar-refractivity contribution >= 4 is 17.3 Å². The molecule has 0 heterocycles. The number of carbonyl (C=O) groups is 3. The fraction of sp³-hybridized carbons (Fsp3) is 0.767. The van der Waals surface area contributed by atoms with E-state index in [1.54, 1.807) is 20.8 Å². The van der Waals surface area contributed by atoms with Crippen LogP contribution < -0.4 is 0 Å². The van der Waals surface area contributed by atoms with Gasteiger partial charge in [-0.05, 0) is 89.0 Å². The summed E-state index contributed by atoms with van der Waals surface area (Å²) < 4.78 is 0. The minimum atomic E-state index is -1.67. The maximum atomic E-state index is 14.2. The molecule has 36 heavy (non-hydrogen) atoms. The number of aliphatic hydroxyl groups is 3. The number of ketones is 3. The minimum absolute atomic E-state index is 0.0241. The average molecular weight is 501 g/mol. The van der Waals surface area contributed by atoms with E-state index in [0.29, 0.717) is 12.8 Å². The molecule has 6 heteroatoms. The van der Waals surface area contributed by atoms with Crippen LogP contribution in [0, 0.1) is 39.4 Å². The quantitative estimate of drug-likeness (QED) is 0.398. The summed E-state index contributed by atoms with van der Waals surface area (Å²) in [7, 11) is 0. The van der Waals surface area contributed by atoms with Crippen LogP contribution in [0.3, 0.4) is 0 Å². The molecule has 0 aromatic heterocycles. The Hall–Kier alpha value is -1.63. The van der Waals surface area contributed by atoms with Crippen molar-refractivity contribution in [3.05, 3.63) is 23.8 Å². The SMILES string of the molecule is CC(C)(O)/C=C/C(=O)[C@](C)(O)[C@H]1CC[C@@]2(C)[C@@H]3CC=C4[C@@H](C[C@H](O)C(=O)C4(C)C)[C@]3(C)C(=O)C[C@]12C. The van der Waals surface area contributed by atoms with Crippen molar-refractivity contribution in [1.29, 1.82) is 0 Å². The molecule has 0 aromatic carbocycles. The van der Waals surface area contributed by atoms with E-state index in [4.69, 9.17) is 0 Å². The van der Waals surface area contributed by atoms with Gasteiger partial charge in [0.25, 0.3) is 0 Å². The van der Waals surface area contributed by atoms with Crippen LogP contribution in [0.1, 0.15) is 87.5 Å². The molecule has 0 aliphatic heterocycles. The number of allylic oxidation sites excluding steroid dienone is 2. The van der Waals surface area contributed by atoms with E-state index in [9.17, 15) is 29.7 Å². The van der Waals surface area contributed by atoms with E-state index in [1.165, 1.54) is 12.2 Å². The molecule has 3 saturated carbocycles. The predicted molar refractivity (Wildman–Crippen MR) is 137 cm³/mol. The van der Waals surface area contributed by atoms with E-state index in [0.717, 1.165) is 12.0 Å². The molecule has 8 atom stereocenters. The zero-order valence-corrected chi connectivity index (χ0v) is 23.1. The van der Waals surface area contributed by atoms with Gasteiger partial charge in [0.2, 0.25) is 0 Å². The van der Waals surface area contributed by atoms with Crippen molar-refractivity contribution in [1.82, 2.24) is 0 Å². The van der Waals surface area contributed by atoms with Gasteiger partial charge in [0.05, 0.1) is 5.60 Å². The van der Waals surface area contributed by atoms with E-state index >= 15 is 0 Å². The van der Waals surface area contributed by atoms with Crippen LogP contribution in [0.5, 0.6) is 0 Å². The van der Waals surface area contributed by atoms with Gasteiger partial charge in [-0.15, -0.1) is 0 Å². The minimum Gasteiger partial charge on any atom is -0.386 e. The van der Waals surface area contributed by atoms with Gasteiger partial charge < -0.3 is 15.3 Å². The third-order valence-electron chi connectivity index (χ3n) is 11.2. The fourth-order valence-corrected chi connectivity index (χ4v) is 8.85. The van der Waals surface area contributed by atoms with Crippen LogP contribution in [-0.2, 0) is 14.4 Å². The Morgan fingerprint density at radius 1 is 1.06 bits per heavy atom. The fourth-order valence-electron chi connectivity index (χ4n) is 8.85. The largest absolute Gasteiger partial charge is 0.386 e. The molecule has 3 fully saturated rings. The molecule has 4 aliphatic rings. The van der Waals surface area contributed by atoms with Crippen LogP contribution in [0.15, 0.2) is 23.8 Å². The molecule has 0 bridgehead atoms. The lowest BCUT2D eigenvalue weighted by Gasteiger charge is -2.64. The summed E-state index contributed by atoms with van der Waals surface area (Å²) in [6, 6.07) is 0. The molecule has 0 saturated heterocycles. The summed E-state index contributed by atoms with van der Waals surface area (Å²) in [6.07, 6.45) is 6.30. The Kier molecular flexibility index (Phi) is 6.04. The summed E-state index contributed by atoms with van der Waals surface area (Å²) in [6.45, 7) is 14.7. The first-order valence-electron chi connectivity index (χ1n) is 13.4. The first-order valence-corrected chi connectivity index (χ1v) is 13.4. The number of fused-ring (bicyclic) bond motifs is 5. The summed E-state index contributed by atoms with van der Waals surface area (Å²) in [5.74, 6) is -1.18. The molecule has 3 N–H and O–H groups in total. The van der Waals surface area contributed by atoms with E-state index in [1.807, 2.05) is 20.8 Å². The van der Waals surface area contributed by atoms with Gasteiger partial charge in [0, 0.05) is 23.2 Å². The van der Waals surface area contributed by atoms with Crippen LogP contribution in [0.2, 0.25) is 0 Å². The summed E-state index contributed by atoms with van der Waals surface area (Å²) in [4.78, 5) is 40.2. The molecule has 0 spiro atoms. The normalized spacial score (nSPS) is 43.9. The lowest BCUT2D eigenvalue weighted by Crippen LogP contribution is -2.65. The molecule has 0 radical (unpaired) electrons. The van der Waals surface area contributed by atoms with Gasteiger partial charge in [-0.2, -0.15) is 0 Å². The lowest BCUT2D eigenvalue weighted by atomic mass is 9.38. The second-order valence-electron chi connectivity index (χ2n) is 14.0. The van der Waals surface area contributed by atoms with Gasteiger partial charge in [-0.3, -0.25) is 14.4 Å². The Morgan fingerprint density at radius 2 is 1.67 bits per heavy atom. The highest BCUT2D eigenvalue weighted by molar-refractivity contribution is 5.97. The summed E-state index contributed by atoms with van der Waals surface area (Å²) in [5, 5.41) is 32.3. The number of Topliss-reactive ketones (excluding diaryl/α,β-unsaturated/α-hetero) is 2. The molecule has 4 rings (SSSR count). The highest BCUT2D eigenvalue weighted by atomic mass is 16.3.